The largest absolute Gasteiger partial charge is 0.480 e. The van der Waals surface area contributed by atoms with Crippen LogP contribution in [0.15, 0.2) is 36.4 Å². The van der Waals surface area contributed by atoms with Gasteiger partial charge in [0.2, 0.25) is 0 Å². The first-order chi connectivity index (χ1) is 9.45. The zero-order valence-corrected chi connectivity index (χ0v) is 12.1. The number of hydrogen-bond donors (Lipinski definition) is 2. The SMILES string of the molecule is C/C=C/CC(NC(=O)c1ccc(C(C)C)cc1)C(=O)O. The number of carboxylic acids is 1. The highest BCUT2D eigenvalue weighted by atomic mass is 16.4. The van der Waals surface area contributed by atoms with Gasteiger partial charge in [0, 0.05) is 5.56 Å². The average Bonchev–Trinajstić information content (AvgIpc) is 2.42. The second-order valence-electron chi connectivity index (χ2n) is 4.95. The van der Waals surface area contributed by atoms with Crippen molar-refractivity contribution < 1.29 is 14.7 Å². The van der Waals surface area contributed by atoms with Gasteiger partial charge >= 0.3 is 5.97 Å². The molecule has 1 aromatic rings. The van der Waals surface area contributed by atoms with Gasteiger partial charge in [-0.15, -0.1) is 0 Å². The van der Waals surface area contributed by atoms with Gasteiger partial charge in [-0.25, -0.2) is 4.79 Å². The molecule has 4 nitrogen and oxygen atoms in total. The fourth-order valence-corrected chi connectivity index (χ4v) is 1.75. The third kappa shape index (κ3) is 4.53. The van der Waals surface area contributed by atoms with Gasteiger partial charge in [0.05, 0.1) is 0 Å². The maximum absolute atomic E-state index is 12.0. The van der Waals surface area contributed by atoms with Crippen molar-refractivity contribution in [2.45, 2.75) is 39.2 Å². The molecule has 0 aliphatic carbocycles. The van der Waals surface area contributed by atoms with Crippen molar-refractivity contribution in [3.8, 4) is 0 Å². The summed E-state index contributed by atoms with van der Waals surface area (Å²) in [6.45, 7) is 5.96. The van der Waals surface area contributed by atoms with Gasteiger partial charge < -0.3 is 10.4 Å². The summed E-state index contributed by atoms with van der Waals surface area (Å²) in [6.07, 6.45) is 3.77. The molecule has 20 heavy (non-hydrogen) atoms. The lowest BCUT2D eigenvalue weighted by Gasteiger charge is -2.13. The van der Waals surface area contributed by atoms with Crippen LogP contribution in [0.2, 0.25) is 0 Å². The highest BCUT2D eigenvalue weighted by Crippen LogP contribution is 2.14. The predicted molar refractivity (Wildman–Crippen MR) is 78.9 cm³/mol. The van der Waals surface area contributed by atoms with E-state index >= 15 is 0 Å². The second-order valence-corrected chi connectivity index (χ2v) is 4.95. The van der Waals surface area contributed by atoms with Gasteiger partial charge in [0.1, 0.15) is 6.04 Å². The number of hydrogen-bond acceptors (Lipinski definition) is 2. The van der Waals surface area contributed by atoms with Gasteiger partial charge in [0.15, 0.2) is 0 Å². The summed E-state index contributed by atoms with van der Waals surface area (Å²) in [5, 5.41) is 11.6. The molecule has 1 amide bonds. The average molecular weight is 275 g/mol. The third-order valence-electron chi connectivity index (χ3n) is 3.05. The lowest BCUT2D eigenvalue weighted by molar-refractivity contribution is -0.139. The van der Waals surface area contributed by atoms with Crippen molar-refractivity contribution in [2.24, 2.45) is 0 Å². The Kier molecular flexibility index (Phi) is 5.97. The van der Waals surface area contributed by atoms with Crippen molar-refractivity contribution in [1.29, 1.82) is 0 Å². The molecule has 0 heterocycles. The van der Waals surface area contributed by atoms with Crippen molar-refractivity contribution in [1.82, 2.24) is 5.32 Å². The number of carboxylic acid groups (broad SMARTS) is 1. The standard InChI is InChI=1S/C16H21NO3/c1-4-5-6-14(16(19)20)17-15(18)13-9-7-12(8-10-13)11(2)3/h4-5,7-11,14H,6H2,1-3H3,(H,17,18)(H,19,20)/b5-4+. The van der Waals surface area contributed by atoms with Crippen molar-refractivity contribution in [2.75, 3.05) is 0 Å². The van der Waals surface area contributed by atoms with Crippen LogP contribution in [0.3, 0.4) is 0 Å². The summed E-state index contributed by atoms with van der Waals surface area (Å²) < 4.78 is 0. The molecule has 0 spiro atoms. The molecule has 1 unspecified atom stereocenters. The Morgan fingerprint density at radius 1 is 1.25 bits per heavy atom. The molecule has 2 N–H and O–H groups in total. The van der Waals surface area contributed by atoms with E-state index in [1.165, 1.54) is 0 Å². The lowest BCUT2D eigenvalue weighted by atomic mass is 10.0. The molecule has 0 aliphatic heterocycles. The van der Waals surface area contributed by atoms with Crippen molar-refractivity contribution in [3.05, 3.63) is 47.5 Å². The highest BCUT2D eigenvalue weighted by Gasteiger charge is 2.19. The summed E-state index contributed by atoms with van der Waals surface area (Å²) in [5.74, 6) is -0.999. The highest BCUT2D eigenvalue weighted by molar-refractivity contribution is 5.96. The van der Waals surface area contributed by atoms with E-state index in [4.69, 9.17) is 5.11 Å². The molecular weight excluding hydrogens is 254 g/mol. The maximum atomic E-state index is 12.0. The molecule has 108 valence electrons. The van der Waals surface area contributed by atoms with E-state index < -0.39 is 12.0 Å². The number of nitrogens with one attached hydrogen (secondary N) is 1. The van der Waals surface area contributed by atoms with E-state index in [2.05, 4.69) is 19.2 Å². The predicted octanol–water partition coefficient (Wildman–Crippen LogP) is 2.96. The van der Waals surface area contributed by atoms with E-state index in [1.807, 2.05) is 19.1 Å². The van der Waals surface area contributed by atoms with Gasteiger partial charge in [0.25, 0.3) is 5.91 Å². The maximum Gasteiger partial charge on any atom is 0.326 e. The minimum absolute atomic E-state index is 0.279. The number of carbonyl (C=O) groups is 2. The van der Waals surface area contributed by atoms with Gasteiger partial charge in [-0.2, -0.15) is 0 Å². The number of aliphatic carboxylic acids is 1. The molecule has 1 rings (SSSR count). The van der Waals surface area contributed by atoms with Crippen molar-refractivity contribution in [3.63, 3.8) is 0 Å². The zero-order chi connectivity index (χ0) is 15.1. The fourth-order valence-electron chi connectivity index (χ4n) is 1.75. The molecule has 0 aliphatic rings. The van der Waals surface area contributed by atoms with Crippen LogP contribution < -0.4 is 5.32 Å². The molecule has 1 aromatic carbocycles. The quantitative estimate of drug-likeness (QED) is 0.784. The Hall–Kier alpha value is -2.10. The van der Waals surface area contributed by atoms with Gasteiger partial charge in [-0.1, -0.05) is 38.1 Å². The van der Waals surface area contributed by atoms with Crippen LogP contribution in [0.4, 0.5) is 0 Å². The Balaban J connectivity index is 2.75. The Bertz CT molecular complexity index is 489. The molecule has 0 radical (unpaired) electrons. The van der Waals surface area contributed by atoms with Crippen molar-refractivity contribution >= 4 is 11.9 Å². The summed E-state index contributed by atoms with van der Waals surface area (Å²) in [6, 6.07) is 6.32. The molecule has 1 atom stereocenters. The minimum atomic E-state index is -1.03. The number of carbonyl (C=O) groups excluding carboxylic acids is 1. The molecule has 0 saturated heterocycles. The first-order valence-electron chi connectivity index (χ1n) is 6.70. The summed E-state index contributed by atoms with van der Waals surface area (Å²) in [4.78, 5) is 23.1. The second kappa shape index (κ2) is 7.48. The van der Waals surface area contributed by atoms with Crippen LogP contribution in [0, 0.1) is 0 Å². The number of rotatable bonds is 6. The van der Waals surface area contributed by atoms with Crippen LogP contribution in [-0.2, 0) is 4.79 Å². The lowest BCUT2D eigenvalue weighted by Crippen LogP contribution is -2.40. The Morgan fingerprint density at radius 3 is 2.30 bits per heavy atom. The van der Waals surface area contributed by atoms with Crippen LogP contribution in [0.1, 0.15) is 49.0 Å². The zero-order valence-electron chi connectivity index (χ0n) is 12.1. The first kappa shape index (κ1) is 16.0. The van der Waals surface area contributed by atoms with Gasteiger partial charge in [-0.3, -0.25) is 4.79 Å². The van der Waals surface area contributed by atoms with E-state index in [0.29, 0.717) is 11.5 Å². The topological polar surface area (TPSA) is 66.4 Å². The normalized spacial score (nSPS) is 12.6. The Morgan fingerprint density at radius 2 is 1.85 bits per heavy atom. The van der Waals surface area contributed by atoms with E-state index in [-0.39, 0.29) is 12.3 Å². The number of amides is 1. The third-order valence-corrected chi connectivity index (χ3v) is 3.05. The van der Waals surface area contributed by atoms with Crippen LogP contribution >= 0.6 is 0 Å². The summed E-state index contributed by atoms with van der Waals surface area (Å²) in [7, 11) is 0. The van der Waals surface area contributed by atoms with E-state index in [0.717, 1.165) is 5.56 Å². The summed E-state index contributed by atoms with van der Waals surface area (Å²) in [5.41, 5.74) is 1.62. The molecule has 0 fully saturated rings. The Labute approximate surface area is 119 Å². The van der Waals surface area contributed by atoms with Crippen LogP contribution in [0.25, 0.3) is 0 Å². The number of allylic oxidation sites excluding steroid dienone is 1. The van der Waals surface area contributed by atoms with Gasteiger partial charge in [-0.05, 0) is 37.0 Å². The minimum Gasteiger partial charge on any atom is -0.480 e. The molecule has 0 saturated carbocycles. The molecule has 4 heteroatoms. The summed E-state index contributed by atoms with van der Waals surface area (Å²) >= 11 is 0. The van der Waals surface area contributed by atoms with E-state index in [9.17, 15) is 9.59 Å². The smallest absolute Gasteiger partial charge is 0.326 e. The van der Waals surface area contributed by atoms with Crippen LogP contribution in [0.5, 0.6) is 0 Å². The molecular formula is C16H21NO3. The monoisotopic (exact) mass is 275 g/mol. The molecule has 0 bridgehead atoms. The molecule has 0 aromatic heterocycles. The van der Waals surface area contributed by atoms with E-state index in [1.54, 1.807) is 24.3 Å². The number of benzene rings is 1. The fraction of sp³-hybridized carbons (Fsp3) is 0.375. The first-order valence-corrected chi connectivity index (χ1v) is 6.70. The van der Waals surface area contributed by atoms with Crippen LogP contribution in [-0.4, -0.2) is 23.0 Å².